The fourth-order valence-electron chi connectivity index (χ4n) is 1.88. The van der Waals surface area contributed by atoms with Gasteiger partial charge in [0.1, 0.15) is 19.0 Å². The SMILES string of the molecule is CNCc1cccc(F)c1OCCOc1ccc(Br)cc1. The van der Waals surface area contributed by atoms with Crippen LogP contribution in [0, 0.1) is 5.82 Å². The smallest absolute Gasteiger partial charge is 0.165 e. The van der Waals surface area contributed by atoms with Crippen molar-refractivity contribution in [2.24, 2.45) is 0 Å². The first-order valence-electron chi connectivity index (χ1n) is 6.64. The van der Waals surface area contributed by atoms with Gasteiger partial charge in [0.15, 0.2) is 11.6 Å². The van der Waals surface area contributed by atoms with E-state index in [4.69, 9.17) is 9.47 Å². The minimum absolute atomic E-state index is 0.284. The van der Waals surface area contributed by atoms with Gasteiger partial charge in [0.25, 0.3) is 0 Å². The van der Waals surface area contributed by atoms with E-state index >= 15 is 0 Å². The Morgan fingerprint density at radius 3 is 2.48 bits per heavy atom. The number of ether oxygens (including phenoxy) is 2. The molecule has 3 nitrogen and oxygen atoms in total. The van der Waals surface area contributed by atoms with Crippen LogP contribution in [0.1, 0.15) is 5.56 Å². The van der Waals surface area contributed by atoms with Crippen LogP contribution in [0.5, 0.6) is 11.5 Å². The van der Waals surface area contributed by atoms with Crippen LogP contribution >= 0.6 is 15.9 Å². The Hall–Kier alpha value is -1.59. The van der Waals surface area contributed by atoms with Gasteiger partial charge in [0.05, 0.1) is 0 Å². The Balaban J connectivity index is 1.87. The Morgan fingerprint density at radius 1 is 1.05 bits per heavy atom. The molecule has 2 rings (SSSR count). The molecule has 0 bridgehead atoms. The van der Waals surface area contributed by atoms with Crippen LogP contribution in [0.4, 0.5) is 4.39 Å². The molecule has 0 saturated carbocycles. The van der Waals surface area contributed by atoms with Crippen molar-refractivity contribution in [2.45, 2.75) is 6.54 Å². The van der Waals surface area contributed by atoms with Crippen LogP contribution in [0.15, 0.2) is 46.9 Å². The number of rotatable bonds is 7. The lowest BCUT2D eigenvalue weighted by molar-refractivity contribution is 0.210. The first-order valence-corrected chi connectivity index (χ1v) is 7.43. The number of hydrogen-bond acceptors (Lipinski definition) is 3. The average Bonchev–Trinajstić information content (AvgIpc) is 2.48. The summed E-state index contributed by atoms with van der Waals surface area (Å²) in [5.41, 5.74) is 0.793. The molecule has 0 unspecified atom stereocenters. The summed E-state index contributed by atoms with van der Waals surface area (Å²) in [6.45, 7) is 1.20. The zero-order chi connectivity index (χ0) is 15.1. The molecule has 2 aromatic carbocycles. The highest BCUT2D eigenvalue weighted by Gasteiger charge is 2.09. The number of nitrogens with one attached hydrogen (secondary N) is 1. The predicted octanol–water partition coefficient (Wildman–Crippen LogP) is 3.77. The summed E-state index contributed by atoms with van der Waals surface area (Å²) in [5.74, 6) is 0.684. The summed E-state index contributed by atoms with van der Waals surface area (Å²) in [5, 5.41) is 2.99. The summed E-state index contributed by atoms with van der Waals surface area (Å²) >= 11 is 3.36. The maximum absolute atomic E-state index is 13.8. The summed E-state index contributed by atoms with van der Waals surface area (Å²) in [6, 6.07) is 12.4. The zero-order valence-electron chi connectivity index (χ0n) is 11.7. The third-order valence-electron chi connectivity index (χ3n) is 2.83. The maximum Gasteiger partial charge on any atom is 0.165 e. The van der Waals surface area contributed by atoms with Gasteiger partial charge in [-0.25, -0.2) is 4.39 Å². The quantitative estimate of drug-likeness (QED) is 0.768. The largest absolute Gasteiger partial charge is 0.490 e. The molecule has 0 aliphatic heterocycles. The highest BCUT2D eigenvalue weighted by Crippen LogP contribution is 2.22. The molecule has 5 heteroatoms. The van der Waals surface area contributed by atoms with Crippen molar-refractivity contribution in [3.05, 3.63) is 58.3 Å². The van der Waals surface area contributed by atoms with Crippen LogP contribution in [0.2, 0.25) is 0 Å². The van der Waals surface area contributed by atoms with Crippen molar-refractivity contribution < 1.29 is 13.9 Å². The average molecular weight is 354 g/mol. The lowest BCUT2D eigenvalue weighted by Crippen LogP contribution is -2.13. The number of para-hydroxylation sites is 1. The van der Waals surface area contributed by atoms with Gasteiger partial charge in [0.2, 0.25) is 0 Å². The van der Waals surface area contributed by atoms with Gasteiger partial charge in [-0.2, -0.15) is 0 Å². The van der Waals surface area contributed by atoms with Crippen molar-refractivity contribution in [2.75, 3.05) is 20.3 Å². The second-order valence-electron chi connectivity index (χ2n) is 4.41. The summed E-state index contributed by atoms with van der Waals surface area (Å²) in [6.07, 6.45) is 0. The van der Waals surface area contributed by atoms with Crippen LogP contribution in [0.25, 0.3) is 0 Å². The number of benzene rings is 2. The Kier molecular flexibility index (Phi) is 6.02. The van der Waals surface area contributed by atoms with Gasteiger partial charge in [-0.15, -0.1) is 0 Å². The highest BCUT2D eigenvalue weighted by atomic mass is 79.9. The molecule has 0 aliphatic rings. The zero-order valence-corrected chi connectivity index (χ0v) is 13.3. The van der Waals surface area contributed by atoms with Crippen LogP contribution in [0.3, 0.4) is 0 Å². The van der Waals surface area contributed by atoms with Gasteiger partial charge in [-0.05, 0) is 37.4 Å². The standard InChI is InChI=1S/C16H17BrFNO2/c1-19-11-12-3-2-4-15(18)16(12)21-10-9-20-14-7-5-13(17)6-8-14/h2-8,19H,9-11H2,1H3. The van der Waals surface area contributed by atoms with E-state index < -0.39 is 0 Å². The molecule has 0 atom stereocenters. The minimum Gasteiger partial charge on any atom is -0.490 e. The molecule has 21 heavy (non-hydrogen) atoms. The van der Waals surface area contributed by atoms with E-state index in [0.717, 1.165) is 15.8 Å². The number of hydrogen-bond donors (Lipinski definition) is 1. The van der Waals surface area contributed by atoms with Gasteiger partial charge < -0.3 is 14.8 Å². The van der Waals surface area contributed by atoms with E-state index in [9.17, 15) is 4.39 Å². The third-order valence-corrected chi connectivity index (χ3v) is 3.36. The second-order valence-corrected chi connectivity index (χ2v) is 5.32. The van der Waals surface area contributed by atoms with Gasteiger partial charge in [-0.1, -0.05) is 28.1 Å². The van der Waals surface area contributed by atoms with E-state index in [0.29, 0.717) is 13.2 Å². The minimum atomic E-state index is -0.355. The fraction of sp³-hybridized carbons (Fsp3) is 0.250. The van der Waals surface area contributed by atoms with Crippen molar-refractivity contribution in [1.29, 1.82) is 0 Å². The molecule has 0 fully saturated rings. The topological polar surface area (TPSA) is 30.5 Å². The van der Waals surface area contributed by atoms with Crippen LogP contribution in [-0.4, -0.2) is 20.3 Å². The Bertz CT molecular complexity index is 575. The molecular weight excluding hydrogens is 337 g/mol. The van der Waals surface area contributed by atoms with Crippen molar-refractivity contribution >= 4 is 15.9 Å². The molecule has 2 aromatic rings. The molecule has 0 aromatic heterocycles. The number of halogens is 2. The van der Waals surface area contributed by atoms with E-state index in [1.165, 1.54) is 6.07 Å². The monoisotopic (exact) mass is 353 g/mol. The van der Waals surface area contributed by atoms with Gasteiger partial charge >= 0.3 is 0 Å². The predicted molar refractivity (Wildman–Crippen MR) is 84.3 cm³/mol. The molecular formula is C16H17BrFNO2. The second kappa shape index (κ2) is 8.00. The van der Waals surface area contributed by atoms with E-state index in [2.05, 4.69) is 21.2 Å². The highest BCUT2D eigenvalue weighted by molar-refractivity contribution is 9.10. The van der Waals surface area contributed by atoms with Gasteiger partial charge in [-0.3, -0.25) is 0 Å². The lowest BCUT2D eigenvalue weighted by atomic mass is 10.2. The first kappa shape index (κ1) is 15.8. The van der Waals surface area contributed by atoms with E-state index in [1.54, 1.807) is 6.07 Å². The van der Waals surface area contributed by atoms with Crippen molar-refractivity contribution in [3.63, 3.8) is 0 Å². The van der Waals surface area contributed by atoms with Crippen LogP contribution < -0.4 is 14.8 Å². The molecule has 0 spiro atoms. The Labute approximate surface area is 132 Å². The fourth-order valence-corrected chi connectivity index (χ4v) is 2.14. The molecule has 0 radical (unpaired) electrons. The molecule has 0 amide bonds. The summed E-state index contributed by atoms with van der Waals surface area (Å²) in [4.78, 5) is 0. The Morgan fingerprint density at radius 2 is 1.76 bits per heavy atom. The molecule has 0 heterocycles. The summed E-state index contributed by atoms with van der Waals surface area (Å²) < 4.78 is 25.8. The van der Waals surface area contributed by atoms with E-state index in [-0.39, 0.29) is 18.2 Å². The molecule has 112 valence electrons. The van der Waals surface area contributed by atoms with Crippen molar-refractivity contribution in [1.82, 2.24) is 5.32 Å². The first-order chi connectivity index (χ1) is 10.2. The van der Waals surface area contributed by atoms with E-state index in [1.807, 2.05) is 37.4 Å². The maximum atomic E-state index is 13.8. The molecule has 1 N–H and O–H groups in total. The van der Waals surface area contributed by atoms with Crippen molar-refractivity contribution in [3.8, 4) is 11.5 Å². The third kappa shape index (κ3) is 4.72. The van der Waals surface area contributed by atoms with Gasteiger partial charge in [0, 0.05) is 16.6 Å². The molecule has 0 aliphatic carbocycles. The normalized spacial score (nSPS) is 10.4. The lowest BCUT2D eigenvalue weighted by Gasteiger charge is -2.13. The van der Waals surface area contributed by atoms with Crippen LogP contribution in [-0.2, 0) is 6.54 Å². The summed E-state index contributed by atoms with van der Waals surface area (Å²) in [7, 11) is 1.81. The molecule has 0 saturated heterocycles.